The summed E-state index contributed by atoms with van der Waals surface area (Å²) in [5, 5.41) is 3.13. The molecule has 1 saturated heterocycles. The Kier molecular flexibility index (Phi) is 3.54. The Morgan fingerprint density at radius 2 is 1.94 bits per heavy atom. The van der Waals surface area contributed by atoms with Crippen molar-refractivity contribution in [1.29, 1.82) is 0 Å². The third-order valence-electron chi connectivity index (χ3n) is 3.18. The summed E-state index contributed by atoms with van der Waals surface area (Å²) in [5.74, 6) is 0.922. The molecule has 1 heterocycles. The number of piperidine rings is 1. The average Bonchev–Trinajstić information content (AvgIpc) is 2.39. The molecular formula is C13H20N2O. The topological polar surface area (TPSA) is 24.5 Å². The number of methoxy groups -OCH3 is 1. The van der Waals surface area contributed by atoms with Crippen molar-refractivity contribution in [2.75, 3.05) is 37.5 Å². The van der Waals surface area contributed by atoms with Gasteiger partial charge in [-0.3, -0.25) is 0 Å². The van der Waals surface area contributed by atoms with Crippen molar-refractivity contribution in [2.24, 2.45) is 0 Å². The van der Waals surface area contributed by atoms with Crippen LogP contribution >= 0.6 is 0 Å². The number of rotatable bonds is 3. The molecule has 3 heteroatoms. The van der Waals surface area contributed by atoms with E-state index in [1.807, 2.05) is 7.05 Å². The highest BCUT2D eigenvalue weighted by atomic mass is 16.5. The molecule has 1 aromatic rings. The van der Waals surface area contributed by atoms with Crippen molar-refractivity contribution in [3.63, 3.8) is 0 Å². The predicted molar refractivity (Wildman–Crippen MR) is 68.6 cm³/mol. The van der Waals surface area contributed by atoms with Crippen LogP contribution in [0.15, 0.2) is 18.2 Å². The minimum absolute atomic E-state index is 0.922. The van der Waals surface area contributed by atoms with Gasteiger partial charge in [0.05, 0.1) is 12.8 Å². The number of anilines is 2. The van der Waals surface area contributed by atoms with E-state index in [9.17, 15) is 0 Å². The van der Waals surface area contributed by atoms with Crippen LogP contribution in [-0.4, -0.2) is 27.2 Å². The molecule has 0 unspecified atom stereocenters. The first-order valence-corrected chi connectivity index (χ1v) is 5.96. The molecule has 3 nitrogen and oxygen atoms in total. The lowest BCUT2D eigenvalue weighted by Gasteiger charge is -2.29. The van der Waals surface area contributed by atoms with Gasteiger partial charge in [-0.05, 0) is 31.4 Å². The van der Waals surface area contributed by atoms with Crippen molar-refractivity contribution < 1.29 is 4.74 Å². The maximum Gasteiger partial charge on any atom is 0.144 e. The lowest BCUT2D eigenvalue weighted by molar-refractivity contribution is 0.416. The highest BCUT2D eigenvalue weighted by molar-refractivity contribution is 5.64. The number of hydrogen-bond acceptors (Lipinski definition) is 3. The summed E-state index contributed by atoms with van der Waals surface area (Å²) >= 11 is 0. The summed E-state index contributed by atoms with van der Waals surface area (Å²) in [5.41, 5.74) is 2.32. The van der Waals surface area contributed by atoms with Gasteiger partial charge in [-0.2, -0.15) is 0 Å². The molecule has 0 amide bonds. The molecule has 1 fully saturated rings. The van der Waals surface area contributed by atoms with Gasteiger partial charge in [-0.1, -0.05) is 0 Å². The van der Waals surface area contributed by atoms with Crippen molar-refractivity contribution in [3.8, 4) is 5.75 Å². The maximum atomic E-state index is 5.38. The summed E-state index contributed by atoms with van der Waals surface area (Å²) in [6.45, 7) is 2.34. The van der Waals surface area contributed by atoms with E-state index >= 15 is 0 Å². The Morgan fingerprint density at radius 3 is 2.56 bits per heavy atom. The maximum absolute atomic E-state index is 5.38. The van der Waals surface area contributed by atoms with Crippen LogP contribution < -0.4 is 15.0 Å². The molecule has 0 radical (unpaired) electrons. The summed E-state index contributed by atoms with van der Waals surface area (Å²) in [6, 6.07) is 6.37. The molecule has 1 aliphatic rings. The first-order chi connectivity index (χ1) is 7.85. The second-order valence-corrected chi connectivity index (χ2v) is 4.18. The number of ether oxygens (including phenoxy) is 1. The second kappa shape index (κ2) is 5.10. The monoisotopic (exact) mass is 220 g/mol. The van der Waals surface area contributed by atoms with Gasteiger partial charge in [0.1, 0.15) is 5.75 Å². The van der Waals surface area contributed by atoms with Gasteiger partial charge < -0.3 is 15.0 Å². The lowest BCUT2D eigenvalue weighted by atomic mass is 10.1. The summed E-state index contributed by atoms with van der Waals surface area (Å²) < 4.78 is 5.38. The minimum Gasteiger partial charge on any atom is -0.495 e. The van der Waals surface area contributed by atoms with Gasteiger partial charge in [-0.25, -0.2) is 0 Å². The fraction of sp³-hybridized carbons (Fsp3) is 0.538. The van der Waals surface area contributed by atoms with Gasteiger partial charge in [0.2, 0.25) is 0 Å². The van der Waals surface area contributed by atoms with Crippen LogP contribution in [0.1, 0.15) is 19.3 Å². The zero-order valence-electron chi connectivity index (χ0n) is 10.1. The number of benzene rings is 1. The van der Waals surface area contributed by atoms with Crippen LogP contribution in [0.2, 0.25) is 0 Å². The third-order valence-corrected chi connectivity index (χ3v) is 3.18. The Hall–Kier alpha value is -1.38. The zero-order chi connectivity index (χ0) is 11.4. The summed E-state index contributed by atoms with van der Waals surface area (Å²) in [7, 11) is 3.63. The van der Waals surface area contributed by atoms with Crippen molar-refractivity contribution in [3.05, 3.63) is 18.2 Å². The van der Waals surface area contributed by atoms with E-state index in [2.05, 4.69) is 28.4 Å². The summed E-state index contributed by atoms with van der Waals surface area (Å²) in [4.78, 5) is 2.44. The van der Waals surface area contributed by atoms with E-state index in [0.29, 0.717) is 0 Å². The quantitative estimate of drug-likeness (QED) is 0.847. The van der Waals surface area contributed by atoms with Gasteiger partial charge >= 0.3 is 0 Å². The molecular weight excluding hydrogens is 200 g/mol. The van der Waals surface area contributed by atoms with E-state index in [4.69, 9.17) is 4.74 Å². The van der Waals surface area contributed by atoms with Gasteiger partial charge in [0.15, 0.2) is 0 Å². The molecule has 0 spiro atoms. The average molecular weight is 220 g/mol. The zero-order valence-corrected chi connectivity index (χ0v) is 10.1. The number of nitrogens with one attached hydrogen (secondary N) is 1. The molecule has 0 aliphatic carbocycles. The van der Waals surface area contributed by atoms with E-state index in [-0.39, 0.29) is 0 Å². The SMILES string of the molecule is CNc1ccc(N2CCCCC2)cc1OC. The Morgan fingerprint density at radius 1 is 1.19 bits per heavy atom. The number of nitrogens with zero attached hydrogens (tertiary/aromatic N) is 1. The molecule has 2 rings (SSSR count). The highest BCUT2D eigenvalue weighted by Crippen LogP contribution is 2.30. The van der Waals surface area contributed by atoms with Gasteiger partial charge in [0.25, 0.3) is 0 Å². The molecule has 0 bridgehead atoms. The molecule has 1 aromatic carbocycles. The van der Waals surface area contributed by atoms with Crippen molar-refractivity contribution >= 4 is 11.4 Å². The Bertz CT molecular complexity index is 346. The smallest absolute Gasteiger partial charge is 0.144 e. The normalized spacial score (nSPS) is 16.0. The van der Waals surface area contributed by atoms with Crippen LogP contribution in [0, 0.1) is 0 Å². The second-order valence-electron chi connectivity index (χ2n) is 4.18. The van der Waals surface area contributed by atoms with Crippen LogP contribution in [-0.2, 0) is 0 Å². The van der Waals surface area contributed by atoms with E-state index < -0.39 is 0 Å². The molecule has 0 atom stereocenters. The van der Waals surface area contributed by atoms with E-state index in [0.717, 1.165) is 11.4 Å². The Labute approximate surface area is 97.4 Å². The fourth-order valence-electron chi connectivity index (χ4n) is 2.24. The largest absolute Gasteiger partial charge is 0.495 e. The molecule has 0 aromatic heterocycles. The Balaban J connectivity index is 2.20. The van der Waals surface area contributed by atoms with Crippen LogP contribution in [0.5, 0.6) is 5.75 Å². The standard InChI is InChI=1S/C13H20N2O/c1-14-12-7-6-11(10-13(12)16-2)15-8-4-3-5-9-15/h6-7,10,14H,3-5,8-9H2,1-2H3. The number of hydrogen-bond donors (Lipinski definition) is 1. The first-order valence-electron chi connectivity index (χ1n) is 5.96. The van der Waals surface area contributed by atoms with Gasteiger partial charge in [-0.15, -0.1) is 0 Å². The van der Waals surface area contributed by atoms with Crippen molar-refractivity contribution in [2.45, 2.75) is 19.3 Å². The van der Waals surface area contributed by atoms with Crippen LogP contribution in [0.25, 0.3) is 0 Å². The highest BCUT2D eigenvalue weighted by Gasteiger charge is 2.12. The lowest BCUT2D eigenvalue weighted by Crippen LogP contribution is -2.29. The van der Waals surface area contributed by atoms with Crippen molar-refractivity contribution in [1.82, 2.24) is 0 Å². The minimum atomic E-state index is 0.922. The van der Waals surface area contributed by atoms with E-state index in [1.54, 1.807) is 7.11 Å². The predicted octanol–water partition coefficient (Wildman–Crippen LogP) is 2.73. The van der Waals surface area contributed by atoms with Crippen LogP contribution in [0.3, 0.4) is 0 Å². The molecule has 1 aliphatic heterocycles. The summed E-state index contributed by atoms with van der Waals surface area (Å²) in [6.07, 6.45) is 3.97. The van der Waals surface area contributed by atoms with Gasteiger partial charge in [0, 0.05) is 31.9 Å². The molecule has 88 valence electrons. The van der Waals surface area contributed by atoms with Crippen LogP contribution in [0.4, 0.5) is 11.4 Å². The third kappa shape index (κ3) is 2.23. The fourth-order valence-corrected chi connectivity index (χ4v) is 2.24. The first kappa shape index (κ1) is 11.1. The molecule has 1 N–H and O–H groups in total. The molecule has 0 saturated carbocycles. The molecule has 16 heavy (non-hydrogen) atoms. The van der Waals surface area contributed by atoms with E-state index in [1.165, 1.54) is 38.0 Å².